The van der Waals surface area contributed by atoms with Crippen molar-refractivity contribution in [2.75, 3.05) is 6.54 Å². The summed E-state index contributed by atoms with van der Waals surface area (Å²) in [7, 11) is -3.53. The van der Waals surface area contributed by atoms with Gasteiger partial charge in [0.05, 0.1) is 4.90 Å². The molecule has 1 aliphatic carbocycles. The fraction of sp³-hybridized carbons (Fsp3) is 0.238. The molecule has 0 amide bonds. The zero-order chi connectivity index (χ0) is 17.4. The average molecular weight is 351 g/mol. The van der Waals surface area contributed by atoms with Gasteiger partial charge in [0, 0.05) is 18.2 Å². The molecule has 25 heavy (non-hydrogen) atoms. The molecule has 1 fully saturated rings. The fourth-order valence-electron chi connectivity index (χ4n) is 3.71. The highest BCUT2D eigenvalue weighted by Crippen LogP contribution is 2.42. The van der Waals surface area contributed by atoms with E-state index in [0.717, 1.165) is 35.2 Å². The number of hydrogen-bond donors (Lipinski definition) is 0. The lowest BCUT2D eigenvalue weighted by Gasteiger charge is -2.27. The lowest BCUT2D eigenvalue weighted by atomic mass is 9.89. The van der Waals surface area contributed by atoms with Crippen LogP contribution in [0.1, 0.15) is 24.0 Å². The molecule has 4 heteroatoms. The van der Waals surface area contributed by atoms with Crippen LogP contribution in [0.2, 0.25) is 0 Å². The summed E-state index contributed by atoms with van der Waals surface area (Å²) < 4.78 is 28.1. The maximum Gasteiger partial charge on any atom is 0.264 e. The Bertz CT molecular complexity index is 941. The summed E-state index contributed by atoms with van der Waals surface area (Å²) in [5, 5.41) is 0. The number of fused-ring (bicyclic) bond motifs is 1. The summed E-state index contributed by atoms with van der Waals surface area (Å²) in [5.41, 5.74) is 4.25. The molecule has 0 spiro atoms. The molecule has 0 aromatic heterocycles. The second kappa shape index (κ2) is 6.19. The average Bonchev–Trinajstić information content (AvgIpc) is 3.08. The smallest absolute Gasteiger partial charge is 0.264 e. The Morgan fingerprint density at radius 2 is 1.72 bits per heavy atom. The first-order chi connectivity index (χ1) is 12.1. The molecular formula is C21H21NO2S. The minimum atomic E-state index is -3.53. The first kappa shape index (κ1) is 16.2. The maximum atomic E-state index is 13.2. The Balaban J connectivity index is 1.82. The van der Waals surface area contributed by atoms with Gasteiger partial charge in [-0.15, -0.1) is 0 Å². The predicted octanol–water partition coefficient (Wildman–Crippen LogP) is 4.38. The van der Waals surface area contributed by atoms with E-state index in [1.165, 1.54) is 0 Å². The van der Waals surface area contributed by atoms with Crippen molar-refractivity contribution in [2.45, 2.75) is 24.7 Å². The van der Waals surface area contributed by atoms with Crippen molar-refractivity contribution < 1.29 is 8.42 Å². The van der Waals surface area contributed by atoms with Crippen LogP contribution in [0.5, 0.6) is 0 Å². The predicted molar refractivity (Wildman–Crippen MR) is 100 cm³/mol. The van der Waals surface area contributed by atoms with E-state index in [4.69, 9.17) is 0 Å². The van der Waals surface area contributed by atoms with E-state index >= 15 is 0 Å². The molecule has 0 bridgehead atoms. The maximum absolute atomic E-state index is 13.2. The molecule has 1 saturated heterocycles. The van der Waals surface area contributed by atoms with E-state index < -0.39 is 10.0 Å². The largest absolute Gasteiger partial charge is 0.269 e. The molecular weight excluding hydrogens is 330 g/mol. The number of nitrogens with zero attached hydrogens (tertiary/aromatic N) is 1. The van der Waals surface area contributed by atoms with E-state index in [-0.39, 0.29) is 5.92 Å². The van der Waals surface area contributed by atoms with Crippen LogP contribution in [0, 0.1) is 12.8 Å². The molecule has 128 valence electrons. The Morgan fingerprint density at radius 3 is 2.44 bits per heavy atom. The van der Waals surface area contributed by atoms with Gasteiger partial charge in [-0.1, -0.05) is 60.2 Å². The summed E-state index contributed by atoms with van der Waals surface area (Å²) in [5.74, 6) is 0.184. The zero-order valence-electron chi connectivity index (χ0n) is 14.2. The molecule has 2 aromatic rings. The van der Waals surface area contributed by atoms with Gasteiger partial charge in [0.2, 0.25) is 0 Å². The number of allylic oxidation sites excluding steroid dienone is 3. The number of hydrogen-bond acceptors (Lipinski definition) is 2. The molecule has 2 aromatic carbocycles. The number of aryl methyl sites for hydroxylation is 1. The summed E-state index contributed by atoms with van der Waals surface area (Å²) >= 11 is 0. The van der Waals surface area contributed by atoms with Crippen molar-refractivity contribution in [3.63, 3.8) is 0 Å². The Kier molecular flexibility index (Phi) is 4.00. The minimum absolute atomic E-state index is 0.184. The van der Waals surface area contributed by atoms with Gasteiger partial charge in [-0.3, -0.25) is 4.31 Å². The van der Waals surface area contributed by atoms with Crippen LogP contribution in [0.3, 0.4) is 0 Å². The quantitative estimate of drug-likeness (QED) is 0.770. The number of sulfonamides is 1. The normalized spacial score (nSPS) is 20.0. The number of rotatable bonds is 3. The molecule has 1 unspecified atom stereocenters. The molecule has 0 N–H and O–H groups in total. The fourth-order valence-corrected chi connectivity index (χ4v) is 5.29. The molecule has 0 radical (unpaired) electrons. The van der Waals surface area contributed by atoms with Crippen molar-refractivity contribution in [3.05, 3.63) is 83.6 Å². The molecule has 1 aliphatic heterocycles. The first-order valence-electron chi connectivity index (χ1n) is 8.62. The molecule has 4 rings (SSSR count). The van der Waals surface area contributed by atoms with Crippen molar-refractivity contribution in [3.8, 4) is 0 Å². The molecule has 1 heterocycles. The monoisotopic (exact) mass is 351 g/mol. The van der Waals surface area contributed by atoms with Crippen molar-refractivity contribution in [1.82, 2.24) is 4.31 Å². The van der Waals surface area contributed by atoms with E-state index in [1.807, 2.05) is 37.3 Å². The summed E-state index contributed by atoms with van der Waals surface area (Å²) in [4.78, 5) is 0.369. The van der Waals surface area contributed by atoms with Gasteiger partial charge in [0.1, 0.15) is 0 Å². The van der Waals surface area contributed by atoms with Crippen LogP contribution in [0.15, 0.2) is 77.3 Å². The van der Waals surface area contributed by atoms with Crippen LogP contribution >= 0.6 is 0 Å². The Hall–Kier alpha value is -2.33. The van der Waals surface area contributed by atoms with Crippen LogP contribution in [-0.2, 0) is 10.0 Å². The minimum Gasteiger partial charge on any atom is -0.269 e. The second-order valence-electron chi connectivity index (χ2n) is 6.65. The highest BCUT2D eigenvalue weighted by atomic mass is 32.2. The van der Waals surface area contributed by atoms with Gasteiger partial charge in [0.25, 0.3) is 10.0 Å². The third-order valence-corrected chi connectivity index (χ3v) is 6.82. The third-order valence-electron chi connectivity index (χ3n) is 4.99. The summed E-state index contributed by atoms with van der Waals surface area (Å²) in [6.45, 7) is 2.50. The zero-order valence-corrected chi connectivity index (χ0v) is 15.0. The van der Waals surface area contributed by atoms with Crippen LogP contribution in [-0.4, -0.2) is 19.3 Å². The third kappa shape index (κ3) is 2.81. The Labute approximate surface area is 149 Å². The highest BCUT2D eigenvalue weighted by molar-refractivity contribution is 7.89. The molecule has 1 atom stereocenters. The summed E-state index contributed by atoms with van der Waals surface area (Å²) in [6.07, 6.45) is 5.94. The van der Waals surface area contributed by atoms with Gasteiger partial charge in [-0.25, -0.2) is 8.42 Å². The van der Waals surface area contributed by atoms with E-state index in [9.17, 15) is 8.42 Å². The second-order valence-corrected chi connectivity index (χ2v) is 8.51. The van der Waals surface area contributed by atoms with Crippen LogP contribution in [0.4, 0.5) is 0 Å². The van der Waals surface area contributed by atoms with E-state index in [0.29, 0.717) is 11.4 Å². The van der Waals surface area contributed by atoms with Crippen LogP contribution in [0.25, 0.3) is 5.57 Å². The van der Waals surface area contributed by atoms with Crippen molar-refractivity contribution in [1.29, 1.82) is 0 Å². The van der Waals surface area contributed by atoms with Crippen LogP contribution < -0.4 is 0 Å². The van der Waals surface area contributed by atoms with E-state index in [2.05, 4.69) is 24.3 Å². The standard InChI is InChI=1S/C21H21NO2S/c1-16-10-12-19(13-11-16)25(23,24)22-15-14-18-8-5-9-20(21(18)22)17-6-3-2-4-7-17/h2-8,10-13,18H,9,14-15H2,1H3. The van der Waals surface area contributed by atoms with Gasteiger partial charge in [-0.2, -0.15) is 0 Å². The van der Waals surface area contributed by atoms with E-state index in [1.54, 1.807) is 16.4 Å². The molecule has 3 nitrogen and oxygen atoms in total. The van der Waals surface area contributed by atoms with Gasteiger partial charge < -0.3 is 0 Å². The van der Waals surface area contributed by atoms with Crippen molar-refractivity contribution in [2.24, 2.45) is 5.92 Å². The highest BCUT2D eigenvalue weighted by Gasteiger charge is 2.38. The van der Waals surface area contributed by atoms with Gasteiger partial charge in [0.15, 0.2) is 0 Å². The van der Waals surface area contributed by atoms with Crippen molar-refractivity contribution >= 4 is 15.6 Å². The first-order valence-corrected chi connectivity index (χ1v) is 10.1. The lowest BCUT2D eigenvalue weighted by Crippen LogP contribution is -2.28. The topological polar surface area (TPSA) is 37.4 Å². The SMILES string of the molecule is Cc1ccc(S(=O)(=O)N2CCC3C=CCC(c4ccccc4)=C32)cc1. The lowest BCUT2D eigenvalue weighted by molar-refractivity contribution is 0.510. The van der Waals surface area contributed by atoms with Gasteiger partial charge >= 0.3 is 0 Å². The number of benzene rings is 2. The summed E-state index contributed by atoms with van der Waals surface area (Å²) in [6, 6.07) is 17.2. The molecule has 0 saturated carbocycles. The molecule has 2 aliphatic rings. The van der Waals surface area contributed by atoms with Gasteiger partial charge in [-0.05, 0) is 43.0 Å². The Morgan fingerprint density at radius 1 is 1.00 bits per heavy atom.